The van der Waals surface area contributed by atoms with Crippen molar-refractivity contribution < 1.29 is 0 Å². The fourth-order valence-electron chi connectivity index (χ4n) is 1.09. The summed E-state index contributed by atoms with van der Waals surface area (Å²) in [4.78, 5) is 3.85. The average Bonchev–Trinajstić information content (AvgIpc) is 2.70. The van der Waals surface area contributed by atoms with E-state index in [0.29, 0.717) is 0 Å². The molecule has 1 aromatic carbocycles. The predicted octanol–water partition coefficient (Wildman–Crippen LogP) is 7.16. The molecule has 0 saturated heterocycles. The Morgan fingerprint density at radius 3 is 1.40 bits per heavy atom. The van der Waals surface area contributed by atoms with Crippen molar-refractivity contribution in [3.8, 4) is 0 Å². The van der Waals surface area contributed by atoms with E-state index in [1.165, 1.54) is 5.56 Å². The second kappa shape index (κ2) is 18.9. The summed E-state index contributed by atoms with van der Waals surface area (Å²) in [6.07, 6.45) is 12.1. The average molecular weight is 332 g/mol. The summed E-state index contributed by atoms with van der Waals surface area (Å²) in [6, 6.07) is 13.8. The summed E-state index contributed by atoms with van der Waals surface area (Å²) < 4.78 is 0. The zero-order valence-electron chi connectivity index (χ0n) is 15.3. The van der Waals surface area contributed by atoms with Gasteiger partial charge in [0.05, 0.1) is 0 Å². The first-order valence-corrected chi connectivity index (χ1v) is 7.77. The van der Waals surface area contributed by atoms with Gasteiger partial charge < -0.3 is 0 Å². The number of allylic oxidation sites excluding steroid dienone is 4. The SMILES string of the molecule is C=CC(=C)C.C=CC=C.C=Cc1ccccc1.C=Cc1ccncc1. The van der Waals surface area contributed by atoms with Gasteiger partial charge >= 0.3 is 0 Å². The largest absolute Gasteiger partial charge is 0.265 e. The van der Waals surface area contributed by atoms with E-state index in [1.807, 2.05) is 55.5 Å². The maximum atomic E-state index is 3.85. The first-order valence-electron chi connectivity index (χ1n) is 7.77. The van der Waals surface area contributed by atoms with Crippen molar-refractivity contribution >= 4 is 12.2 Å². The monoisotopic (exact) mass is 331 g/mol. The number of benzene rings is 1. The summed E-state index contributed by atoms with van der Waals surface area (Å²) in [5.74, 6) is 0. The summed E-state index contributed by atoms with van der Waals surface area (Å²) in [5, 5.41) is 0. The molecule has 25 heavy (non-hydrogen) atoms. The Morgan fingerprint density at radius 2 is 1.16 bits per heavy atom. The minimum Gasteiger partial charge on any atom is -0.265 e. The molecule has 0 bridgehead atoms. The maximum Gasteiger partial charge on any atom is 0.0273 e. The van der Waals surface area contributed by atoms with Crippen LogP contribution in [0.2, 0.25) is 0 Å². The minimum atomic E-state index is 1.02. The van der Waals surface area contributed by atoms with Gasteiger partial charge in [-0.2, -0.15) is 0 Å². The molecule has 1 heteroatoms. The molecule has 1 heterocycles. The molecule has 0 aliphatic rings. The summed E-state index contributed by atoms with van der Waals surface area (Å²) in [7, 11) is 0. The predicted molar refractivity (Wildman–Crippen MR) is 116 cm³/mol. The van der Waals surface area contributed by atoms with E-state index in [4.69, 9.17) is 0 Å². The third-order valence-electron chi connectivity index (χ3n) is 2.49. The van der Waals surface area contributed by atoms with Gasteiger partial charge in [0.2, 0.25) is 0 Å². The molecule has 0 fully saturated rings. The van der Waals surface area contributed by atoms with Crippen molar-refractivity contribution in [2.24, 2.45) is 0 Å². The molecule has 2 rings (SSSR count). The van der Waals surface area contributed by atoms with Gasteiger partial charge in [-0.05, 0) is 30.2 Å². The molecule has 0 atom stereocenters. The van der Waals surface area contributed by atoms with Gasteiger partial charge in [0.1, 0.15) is 0 Å². The van der Waals surface area contributed by atoms with Crippen LogP contribution in [-0.2, 0) is 0 Å². The van der Waals surface area contributed by atoms with Crippen molar-refractivity contribution in [3.63, 3.8) is 0 Å². The van der Waals surface area contributed by atoms with E-state index in [0.717, 1.165) is 11.1 Å². The van der Waals surface area contributed by atoms with Crippen LogP contribution in [-0.4, -0.2) is 4.98 Å². The van der Waals surface area contributed by atoms with Crippen LogP contribution < -0.4 is 0 Å². The second-order valence-corrected chi connectivity index (χ2v) is 4.62. The van der Waals surface area contributed by atoms with Gasteiger partial charge in [0, 0.05) is 12.4 Å². The smallest absolute Gasteiger partial charge is 0.0273 e. The third-order valence-corrected chi connectivity index (χ3v) is 2.49. The number of aromatic nitrogens is 1. The lowest BCUT2D eigenvalue weighted by atomic mass is 10.2. The number of hydrogen-bond acceptors (Lipinski definition) is 1. The zero-order valence-corrected chi connectivity index (χ0v) is 15.3. The Bertz CT molecular complexity index is 572. The Balaban J connectivity index is 0. The Morgan fingerprint density at radius 1 is 0.760 bits per heavy atom. The highest BCUT2D eigenvalue weighted by Crippen LogP contribution is 1.97. The molecule has 1 aromatic heterocycles. The number of hydrogen-bond donors (Lipinski definition) is 0. The van der Waals surface area contributed by atoms with E-state index in [2.05, 4.69) is 44.5 Å². The molecule has 2 aromatic rings. The van der Waals surface area contributed by atoms with Crippen LogP contribution in [0.15, 0.2) is 118 Å². The highest BCUT2D eigenvalue weighted by atomic mass is 14.6. The molecule has 0 radical (unpaired) electrons. The number of pyridine rings is 1. The summed E-state index contributed by atoms with van der Waals surface area (Å²) in [5.41, 5.74) is 3.30. The lowest BCUT2D eigenvalue weighted by Gasteiger charge is -1.85. The summed E-state index contributed by atoms with van der Waals surface area (Å²) in [6.45, 7) is 22.9. The highest BCUT2D eigenvalue weighted by Gasteiger charge is 1.77. The molecule has 1 nitrogen and oxygen atoms in total. The van der Waals surface area contributed by atoms with Crippen molar-refractivity contribution in [1.82, 2.24) is 4.98 Å². The molecule has 0 saturated carbocycles. The van der Waals surface area contributed by atoms with Crippen LogP contribution in [0.1, 0.15) is 18.1 Å². The lowest BCUT2D eigenvalue weighted by Crippen LogP contribution is -1.69. The van der Waals surface area contributed by atoms with E-state index in [-0.39, 0.29) is 0 Å². The summed E-state index contributed by atoms with van der Waals surface area (Å²) >= 11 is 0. The van der Waals surface area contributed by atoms with Crippen LogP contribution in [0.4, 0.5) is 0 Å². The molecule has 0 spiro atoms. The molecule has 0 aliphatic heterocycles. The van der Waals surface area contributed by atoms with Gasteiger partial charge in [-0.3, -0.25) is 4.98 Å². The third kappa shape index (κ3) is 18.8. The quantitative estimate of drug-likeness (QED) is 0.541. The van der Waals surface area contributed by atoms with E-state index < -0.39 is 0 Å². The molecule has 0 unspecified atom stereocenters. The van der Waals surface area contributed by atoms with Crippen LogP contribution in [0.3, 0.4) is 0 Å². The van der Waals surface area contributed by atoms with E-state index in [9.17, 15) is 0 Å². The number of nitrogens with zero attached hydrogens (tertiary/aromatic N) is 1. The standard InChI is InChI=1S/C8H8.C7H7N.C5H8.C4H6/c1-2-8-6-4-3-5-7-8;1-2-7-3-5-8-6-4-7;1-4-5(2)3;1-3-4-2/h2-7H,1H2;2-6H,1H2;4H,1-2H2,3H3;3-4H,1-2H2. The van der Waals surface area contributed by atoms with Gasteiger partial charge in [-0.15, -0.1) is 0 Å². The van der Waals surface area contributed by atoms with Gasteiger partial charge in [-0.25, -0.2) is 0 Å². The number of rotatable bonds is 4. The topological polar surface area (TPSA) is 12.9 Å². The lowest BCUT2D eigenvalue weighted by molar-refractivity contribution is 1.32. The second-order valence-electron chi connectivity index (χ2n) is 4.62. The Kier molecular flexibility index (Phi) is 18.2. The van der Waals surface area contributed by atoms with E-state index in [1.54, 1.807) is 36.7 Å². The fraction of sp³-hybridized carbons (Fsp3) is 0.0417. The molecular formula is C24H29N. The van der Waals surface area contributed by atoms with E-state index >= 15 is 0 Å². The first kappa shape index (κ1) is 24.1. The Hall–Kier alpha value is -3.19. The normalized spacial score (nSPS) is 7.56. The zero-order chi connectivity index (χ0) is 19.3. The van der Waals surface area contributed by atoms with Gasteiger partial charge in [-0.1, -0.05) is 106 Å². The molecular weight excluding hydrogens is 302 g/mol. The van der Waals surface area contributed by atoms with Crippen LogP contribution in [0.5, 0.6) is 0 Å². The van der Waals surface area contributed by atoms with Crippen molar-refractivity contribution in [2.45, 2.75) is 6.92 Å². The molecule has 130 valence electrons. The highest BCUT2D eigenvalue weighted by molar-refractivity contribution is 5.45. The van der Waals surface area contributed by atoms with Crippen LogP contribution in [0.25, 0.3) is 12.2 Å². The van der Waals surface area contributed by atoms with Crippen molar-refractivity contribution in [2.75, 3.05) is 0 Å². The molecule has 0 aliphatic carbocycles. The van der Waals surface area contributed by atoms with Crippen molar-refractivity contribution in [3.05, 3.63) is 129 Å². The van der Waals surface area contributed by atoms with Gasteiger partial charge in [0.25, 0.3) is 0 Å². The fourth-order valence-corrected chi connectivity index (χ4v) is 1.09. The van der Waals surface area contributed by atoms with Crippen molar-refractivity contribution in [1.29, 1.82) is 0 Å². The maximum absolute atomic E-state index is 3.85. The van der Waals surface area contributed by atoms with Gasteiger partial charge in [0.15, 0.2) is 0 Å². The van der Waals surface area contributed by atoms with Crippen LogP contribution in [0, 0.1) is 0 Å². The Labute approximate surface area is 153 Å². The molecule has 0 amide bonds. The molecule has 0 N–H and O–H groups in total. The first-order chi connectivity index (χ1) is 12.0. The minimum absolute atomic E-state index is 1.02. The van der Waals surface area contributed by atoms with Crippen LogP contribution >= 0.6 is 0 Å².